The van der Waals surface area contributed by atoms with Crippen molar-refractivity contribution in [2.45, 2.75) is 25.7 Å². The van der Waals surface area contributed by atoms with E-state index in [9.17, 15) is 0 Å². The van der Waals surface area contributed by atoms with Gasteiger partial charge in [0, 0.05) is 0 Å². The fourth-order valence-corrected chi connectivity index (χ4v) is 1.20. The Kier molecular flexibility index (Phi) is 92.9. The summed E-state index contributed by atoms with van der Waals surface area (Å²) in [6.07, 6.45) is 4.63. The number of unbranched alkanes of at least 4 members (excludes halogenated alkanes) is 1. The molecule has 0 rings (SSSR count). The van der Waals surface area contributed by atoms with Crippen LogP contribution >= 0.6 is 0 Å². The van der Waals surface area contributed by atoms with E-state index in [0.717, 1.165) is 52.1 Å². The van der Waals surface area contributed by atoms with E-state index in [4.69, 9.17) is 11.5 Å². The summed E-state index contributed by atoms with van der Waals surface area (Å²) in [5.74, 6) is 0. The molecule has 0 fully saturated rings. The molecule has 0 aromatic carbocycles. The molecular weight excluding hydrogens is 708 g/mol. The molecule has 0 aliphatic heterocycles. The van der Waals surface area contributed by atoms with Gasteiger partial charge < -0.3 is 71.7 Å². The standard InChI is InChI=1S/C10H26N4.4ClH.2Pt/c11-5-3-9-13-7-1-2-8-14-10-4-6-12;;;;;;/h13-14H,1-12H2;4*1H;;/q;;;;;2*+2/p-4. The van der Waals surface area contributed by atoms with Crippen molar-refractivity contribution in [3.63, 3.8) is 0 Å². The van der Waals surface area contributed by atoms with Gasteiger partial charge in [0.15, 0.2) is 0 Å². The summed E-state index contributed by atoms with van der Waals surface area (Å²) in [6, 6.07) is 0. The fraction of sp³-hybridized carbons (Fsp3) is 1.00. The Labute approximate surface area is 177 Å². The van der Waals surface area contributed by atoms with Gasteiger partial charge in [-0.25, -0.2) is 0 Å². The van der Waals surface area contributed by atoms with Crippen molar-refractivity contribution in [3.8, 4) is 0 Å². The maximum Gasteiger partial charge on any atom is 2.00 e. The van der Waals surface area contributed by atoms with Crippen LogP contribution in [0, 0.1) is 0 Å². The van der Waals surface area contributed by atoms with E-state index < -0.39 is 0 Å². The Balaban J connectivity index is -0.0000000563. The number of hydrogen-bond donors (Lipinski definition) is 4. The largest absolute Gasteiger partial charge is 2.00 e. The third-order valence-corrected chi connectivity index (χ3v) is 2.07. The van der Waals surface area contributed by atoms with Crippen LogP contribution in [0.15, 0.2) is 0 Å². The van der Waals surface area contributed by atoms with Gasteiger partial charge in [-0.05, 0) is 65.0 Å². The summed E-state index contributed by atoms with van der Waals surface area (Å²) < 4.78 is 0. The second kappa shape index (κ2) is 42.9. The summed E-state index contributed by atoms with van der Waals surface area (Å²) in [4.78, 5) is 0. The topological polar surface area (TPSA) is 76.1 Å². The minimum atomic E-state index is 0. The molecule has 0 radical (unpaired) electrons. The van der Waals surface area contributed by atoms with Crippen LogP contribution in [0.2, 0.25) is 0 Å². The summed E-state index contributed by atoms with van der Waals surface area (Å²) in [6.45, 7) is 5.90. The molecule has 6 N–H and O–H groups in total. The second-order valence-electron chi connectivity index (χ2n) is 3.49. The van der Waals surface area contributed by atoms with E-state index in [2.05, 4.69) is 10.6 Å². The zero-order chi connectivity index (χ0) is 10.5. The van der Waals surface area contributed by atoms with Crippen molar-refractivity contribution in [3.05, 3.63) is 0 Å². The monoisotopic (exact) mass is 732 g/mol. The maximum absolute atomic E-state index is 5.38. The minimum absolute atomic E-state index is 0. The molecule has 0 atom stereocenters. The van der Waals surface area contributed by atoms with Crippen LogP contribution in [0.1, 0.15) is 25.7 Å². The van der Waals surface area contributed by atoms with Gasteiger partial charge in [0.2, 0.25) is 0 Å². The zero-order valence-electron chi connectivity index (χ0n) is 11.4. The first-order valence-electron chi connectivity index (χ1n) is 5.73. The van der Waals surface area contributed by atoms with Gasteiger partial charge in [-0.15, -0.1) is 0 Å². The summed E-state index contributed by atoms with van der Waals surface area (Å²) in [5, 5.41) is 6.72. The molecule has 0 spiro atoms. The van der Waals surface area contributed by atoms with Gasteiger partial charge >= 0.3 is 42.1 Å². The molecule has 0 saturated heterocycles. The van der Waals surface area contributed by atoms with E-state index >= 15 is 0 Å². The van der Waals surface area contributed by atoms with Crippen molar-refractivity contribution in [2.75, 3.05) is 39.3 Å². The van der Waals surface area contributed by atoms with Crippen LogP contribution in [-0.2, 0) is 42.1 Å². The van der Waals surface area contributed by atoms with Crippen LogP contribution in [0.25, 0.3) is 0 Å². The molecule has 0 unspecified atom stereocenters. The second-order valence-corrected chi connectivity index (χ2v) is 3.49. The molecule has 10 heteroatoms. The summed E-state index contributed by atoms with van der Waals surface area (Å²) in [7, 11) is 0. The molecule has 0 saturated carbocycles. The third kappa shape index (κ3) is 42.8. The van der Waals surface area contributed by atoms with Crippen LogP contribution in [0.5, 0.6) is 0 Å². The Morgan fingerprint density at radius 2 is 0.750 bits per heavy atom. The van der Waals surface area contributed by atoms with Gasteiger partial charge in [-0.2, -0.15) is 0 Å². The Bertz CT molecular complexity index is 109. The smallest absolute Gasteiger partial charge is 1.00 e. The quantitative estimate of drug-likeness (QED) is 0.160. The molecular formula is C10H26Cl4N4Pt2. The first-order valence-corrected chi connectivity index (χ1v) is 5.73. The minimum Gasteiger partial charge on any atom is -1.00 e. The number of nitrogens with one attached hydrogen (secondary N) is 2. The van der Waals surface area contributed by atoms with Crippen LogP contribution < -0.4 is 71.7 Å². The Morgan fingerprint density at radius 3 is 1.00 bits per heavy atom. The molecule has 0 heterocycles. The van der Waals surface area contributed by atoms with E-state index in [1.807, 2.05) is 0 Å². The molecule has 0 amide bonds. The number of hydrogen-bond acceptors (Lipinski definition) is 4. The number of halogens is 4. The summed E-state index contributed by atoms with van der Waals surface area (Å²) >= 11 is 0. The van der Waals surface area contributed by atoms with E-state index in [1.165, 1.54) is 12.8 Å². The van der Waals surface area contributed by atoms with Crippen LogP contribution in [0.3, 0.4) is 0 Å². The Hall–Kier alpha value is 2.38. The average molecular weight is 734 g/mol. The normalized spacial score (nSPS) is 7.50. The average Bonchev–Trinajstić information content (AvgIpc) is 2.21. The zero-order valence-corrected chi connectivity index (χ0v) is 18.9. The SMILES string of the molecule is NCCCNCCCCNCCCN.[Cl-].[Cl-].[Cl-].[Cl-].[Pt+2].[Pt+2]. The van der Waals surface area contributed by atoms with Crippen LogP contribution in [0.4, 0.5) is 0 Å². The van der Waals surface area contributed by atoms with Gasteiger partial charge in [-0.3, -0.25) is 0 Å². The van der Waals surface area contributed by atoms with Crippen LogP contribution in [-0.4, -0.2) is 39.3 Å². The molecule has 4 nitrogen and oxygen atoms in total. The molecule has 0 aliphatic carbocycles. The predicted molar refractivity (Wildman–Crippen MR) is 62.3 cm³/mol. The van der Waals surface area contributed by atoms with Crippen molar-refractivity contribution in [2.24, 2.45) is 11.5 Å². The van der Waals surface area contributed by atoms with Crippen molar-refractivity contribution < 1.29 is 91.8 Å². The first kappa shape index (κ1) is 43.2. The van der Waals surface area contributed by atoms with Gasteiger partial charge in [-0.1, -0.05) is 0 Å². The van der Waals surface area contributed by atoms with E-state index in [-0.39, 0.29) is 91.8 Å². The molecule has 0 bridgehead atoms. The molecule has 20 heavy (non-hydrogen) atoms. The van der Waals surface area contributed by atoms with Gasteiger partial charge in [0.25, 0.3) is 0 Å². The van der Waals surface area contributed by atoms with Gasteiger partial charge in [0.1, 0.15) is 0 Å². The first-order chi connectivity index (χ1) is 6.91. The van der Waals surface area contributed by atoms with Crippen molar-refractivity contribution >= 4 is 0 Å². The molecule has 0 aromatic rings. The van der Waals surface area contributed by atoms with E-state index in [1.54, 1.807) is 0 Å². The number of rotatable bonds is 11. The molecule has 0 aromatic heterocycles. The molecule has 0 aliphatic rings. The third-order valence-electron chi connectivity index (χ3n) is 2.07. The molecule has 134 valence electrons. The fourth-order valence-electron chi connectivity index (χ4n) is 1.20. The maximum atomic E-state index is 5.38. The predicted octanol–water partition coefficient (Wildman–Crippen LogP) is -12.3. The Morgan fingerprint density at radius 1 is 0.500 bits per heavy atom. The summed E-state index contributed by atoms with van der Waals surface area (Å²) in [5.41, 5.74) is 10.8. The van der Waals surface area contributed by atoms with Crippen molar-refractivity contribution in [1.29, 1.82) is 0 Å². The van der Waals surface area contributed by atoms with Gasteiger partial charge in [0.05, 0.1) is 0 Å². The number of nitrogens with two attached hydrogens (primary N) is 2. The van der Waals surface area contributed by atoms with Crippen molar-refractivity contribution in [1.82, 2.24) is 10.6 Å². The van der Waals surface area contributed by atoms with E-state index in [0.29, 0.717) is 0 Å².